The van der Waals surface area contributed by atoms with Gasteiger partial charge in [0.1, 0.15) is 11.8 Å². The topological polar surface area (TPSA) is 97.6 Å². The number of halogens is 2. The summed E-state index contributed by atoms with van der Waals surface area (Å²) in [7, 11) is 1.64. The van der Waals surface area contributed by atoms with Gasteiger partial charge in [-0.2, -0.15) is 15.2 Å². The van der Waals surface area contributed by atoms with Gasteiger partial charge >= 0.3 is 5.69 Å². The fourth-order valence-corrected chi connectivity index (χ4v) is 5.13. The van der Waals surface area contributed by atoms with E-state index in [1.165, 1.54) is 9.47 Å². The van der Waals surface area contributed by atoms with E-state index >= 15 is 0 Å². The van der Waals surface area contributed by atoms with Gasteiger partial charge in [-0.15, -0.1) is 0 Å². The molecule has 2 fully saturated rings. The normalized spacial score (nSPS) is 18.4. The number of nitrogens with zero attached hydrogens (tertiary/aromatic N) is 8. The lowest BCUT2D eigenvalue weighted by Gasteiger charge is -2.39. The smallest absolute Gasteiger partial charge is 0.330 e. The molecular formula is C23H22F2N8O. The fourth-order valence-electron chi connectivity index (χ4n) is 5.13. The van der Waals surface area contributed by atoms with E-state index in [2.05, 4.69) is 16.0 Å². The molecule has 9 nitrogen and oxygen atoms in total. The Bertz CT molecular complexity index is 1530. The van der Waals surface area contributed by atoms with Crippen LogP contribution in [0.4, 0.5) is 14.6 Å². The van der Waals surface area contributed by atoms with Crippen LogP contribution in [-0.2, 0) is 7.05 Å². The highest BCUT2D eigenvalue weighted by Gasteiger charge is 2.46. The second-order valence-corrected chi connectivity index (χ2v) is 9.16. The van der Waals surface area contributed by atoms with E-state index in [-0.39, 0.29) is 17.7 Å². The average Bonchev–Trinajstić information content (AvgIpc) is 3.35. The molecule has 0 radical (unpaired) electrons. The van der Waals surface area contributed by atoms with E-state index in [1.54, 1.807) is 40.7 Å². The van der Waals surface area contributed by atoms with Crippen molar-refractivity contribution in [3.8, 4) is 12.0 Å². The Morgan fingerprint density at radius 3 is 2.62 bits per heavy atom. The third-order valence-electron chi connectivity index (χ3n) is 6.87. The number of aromatic nitrogens is 6. The first-order valence-corrected chi connectivity index (χ1v) is 11.4. The molecule has 0 bridgehead atoms. The van der Waals surface area contributed by atoms with Gasteiger partial charge in [-0.3, -0.25) is 13.7 Å². The van der Waals surface area contributed by atoms with Crippen molar-refractivity contribution in [2.24, 2.45) is 7.05 Å². The molecule has 1 aliphatic carbocycles. The lowest BCUT2D eigenvalue weighted by molar-refractivity contribution is -0.0265. The molecule has 3 aromatic heterocycles. The number of hydrogen-bond donors (Lipinski definition) is 0. The highest BCUT2D eigenvalue weighted by molar-refractivity contribution is 5.86. The molecule has 1 saturated carbocycles. The molecule has 4 aromatic rings. The highest BCUT2D eigenvalue weighted by atomic mass is 19.3. The second kappa shape index (κ2) is 7.35. The Kier molecular flexibility index (Phi) is 4.49. The van der Waals surface area contributed by atoms with Crippen LogP contribution in [0.2, 0.25) is 0 Å². The van der Waals surface area contributed by atoms with Crippen LogP contribution in [0.3, 0.4) is 0 Å². The van der Waals surface area contributed by atoms with Crippen LogP contribution in [0.15, 0.2) is 29.3 Å². The number of nitriles is 1. The van der Waals surface area contributed by atoms with Gasteiger partial charge < -0.3 is 4.90 Å². The van der Waals surface area contributed by atoms with Crippen molar-refractivity contribution in [1.82, 2.24) is 28.7 Å². The fraction of sp³-hybridized carbons (Fsp3) is 0.435. The average molecular weight is 464 g/mol. The minimum absolute atomic E-state index is 0.00287. The Morgan fingerprint density at radius 1 is 1.15 bits per heavy atom. The monoisotopic (exact) mass is 464 g/mol. The molecule has 11 heteroatoms. The quantitative estimate of drug-likeness (QED) is 0.462. The lowest BCUT2D eigenvalue weighted by atomic mass is 9.95. The number of anilines is 1. The molecule has 1 saturated heterocycles. The summed E-state index contributed by atoms with van der Waals surface area (Å²) in [6.45, 7) is -0.935. The summed E-state index contributed by atoms with van der Waals surface area (Å²) in [5.74, 6) is -2.27. The van der Waals surface area contributed by atoms with Crippen LogP contribution in [0.25, 0.3) is 28.1 Å². The lowest BCUT2D eigenvalue weighted by Crippen LogP contribution is -2.56. The van der Waals surface area contributed by atoms with Crippen molar-refractivity contribution < 1.29 is 8.78 Å². The molecule has 34 heavy (non-hydrogen) atoms. The van der Waals surface area contributed by atoms with E-state index in [0.717, 1.165) is 32.1 Å². The SMILES string of the molecule is Cn1c(=O)n(C2CCCCC2)c2nc(-n3cnc4ccc(C#N)cc43)nc(N3CC(F)(F)C3)c21. The number of imidazole rings is 2. The predicted octanol–water partition coefficient (Wildman–Crippen LogP) is 3.30. The Labute approximate surface area is 192 Å². The van der Waals surface area contributed by atoms with E-state index in [4.69, 9.17) is 4.98 Å². The summed E-state index contributed by atoms with van der Waals surface area (Å²) < 4.78 is 32.4. The zero-order valence-corrected chi connectivity index (χ0v) is 18.6. The number of alkyl halides is 2. The number of benzene rings is 1. The predicted molar refractivity (Wildman–Crippen MR) is 121 cm³/mol. The van der Waals surface area contributed by atoms with Crippen molar-refractivity contribution in [3.05, 3.63) is 40.6 Å². The van der Waals surface area contributed by atoms with Crippen molar-refractivity contribution in [1.29, 1.82) is 5.26 Å². The first-order chi connectivity index (χ1) is 16.4. The summed E-state index contributed by atoms with van der Waals surface area (Å²) in [6.07, 6.45) is 6.48. The van der Waals surface area contributed by atoms with Crippen LogP contribution < -0.4 is 10.6 Å². The molecule has 4 heterocycles. The number of aryl methyl sites for hydroxylation is 1. The molecule has 0 spiro atoms. The van der Waals surface area contributed by atoms with Gasteiger partial charge in [0.05, 0.1) is 35.8 Å². The number of hydrogen-bond acceptors (Lipinski definition) is 6. The van der Waals surface area contributed by atoms with Crippen molar-refractivity contribution >= 4 is 28.0 Å². The van der Waals surface area contributed by atoms with Gasteiger partial charge in [0.15, 0.2) is 11.5 Å². The molecule has 0 atom stereocenters. The summed E-state index contributed by atoms with van der Waals surface area (Å²) in [6, 6.07) is 7.22. The maximum atomic E-state index is 13.8. The van der Waals surface area contributed by atoms with Gasteiger partial charge in [-0.1, -0.05) is 19.3 Å². The molecule has 0 amide bonds. The highest BCUT2D eigenvalue weighted by Crippen LogP contribution is 2.36. The zero-order valence-electron chi connectivity index (χ0n) is 18.6. The minimum atomic E-state index is -2.80. The van der Waals surface area contributed by atoms with E-state index in [0.29, 0.717) is 33.6 Å². The number of rotatable bonds is 3. The largest absolute Gasteiger partial charge is 0.342 e. The third-order valence-corrected chi connectivity index (χ3v) is 6.87. The van der Waals surface area contributed by atoms with Crippen molar-refractivity contribution in [2.75, 3.05) is 18.0 Å². The Morgan fingerprint density at radius 2 is 1.91 bits per heavy atom. The summed E-state index contributed by atoms with van der Waals surface area (Å²) >= 11 is 0. The second-order valence-electron chi connectivity index (χ2n) is 9.16. The molecule has 0 N–H and O–H groups in total. The molecule has 2 aliphatic rings. The summed E-state index contributed by atoms with van der Waals surface area (Å²) in [5, 5.41) is 9.33. The van der Waals surface area contributed by atoms with Crippen LogP contribution in [0, 0.1) is 11.3 Å². The van der Waals surface area contributed by atoms with Crippen molar-refractivity contribution in [3.63, 3.8) is 0 Å². The van der Waals surface area contributed by atoms with Gasteiger partial charge in [-0.05, 0) is 31.0 Å². The van der Waals surface area contributed by atoms with Crippen LogP contribution in [0.1, 0.15) is 43.7 Å². The Hall–Kier alpha value is -3.81. The summed E-state index contributed by atoms with van der Waals surface area (Å²) in [5.41, 5.74) is 2.41. The van der Waals surface area contributed by atoms with Crippen LogP contribution in [0.5, 0.6) is 0 Å². The number of fused-ring (bicyclic) bond motifs is 2. The first-order valence-electron chi connectivity index (χ1n) is 11.4. The molecule has 0 unspecified atom stereocenters. The molecule has 6 rings (SSSR count). The first kappa shape index (κ1) is 20.8. The van der Waals surface area contributed by atoms with Gasteiger partial charge in [-0.25, -0.2) is 18.6 Å². The van der Waals surface area contributed by atoms with E-state index in [1.807, 2.05) is 0 Å². The molecule has 1 aromatic carbocycles. The van der Waals surface area contributed by atoms with Gasteiger partial charge in [0.25, 0.3) is 5.92 Å². The van der Waals surface area contributed by atoms with Gasteiger partial charge in [0, 0.05) is 13.1 Å². The third kappa shape index (κ3) is 3.09. The van der Waals surface area contributed by atoms with E-state index in [9.17, 15) is 18.8 Å². The van der Waals surface area contributed by atoms with Crippen LogP contribution >= 0.6 is 0 Å². The van der Waals surface area contributed by atoms with Gasteiger partial charge in [0.2, 0.25) is 5.95 Å². The minimum Gasteiger partial charge on any atom is -0.342 e. The Balaban J connectivity index is 1.62. The maximum absolute atomic E-state index is 13.8. The summed E-state index contributed by atoms with van der Waals surface area (Å²) in [4.78, 5) is 28.6. The molecule has 174 valence electrons. The molecular weight excluding hydrogens is 442 g/mol. The van der Waals surface area contributed by atoms with Crippen molar-refractivity contribution in [2.45, 2.75) is 44.1 Å². The zero-order chi connectivity index (χ0) is 23.6. The van der Waals surface area contributed by atoms with E-state index < -0.39 is 19.0 Å². The van der Waals surface area contributed by atoms with Crippen LogP contribution in [-0.4, -0.2) is 47.7 Å². The molecule has 1 aliphatic heterocycles. The standard InChI is InChI=1S/C23H22F2N8O/c1-30-18-19(31-11-23(24,25)12-31)28-21(32-13-27-16-8-7-14(10-26)9-17(16)32)29-20(18)33(22(30)34)15-5-3-2-4-6-15/h7-9,13,15H,2-6,11-12H2,1H3. The maximum Gasteiger partial charge on any atom is 0.330 e.